The Morgan fingerprint density at radius 3 is 2.41 bits per heavy atom. The molecule has 0 saturated heterocycles. The summed E-state index contributed by atoms with van der Waals surface area (Å²) in [4.78, 5) is 23.6. The number of carbonyl (C=O) groups is 2. The Morgan fingerprint density at radius 2 is 1.94 bits per heavy atom. The van der Waals surface area contributed by atoms with E-state index in [0.717, 1.165) is 26.1 Å². The van der Waals surface area contributed by atoms with E-state index in [9.17, 15) is 9.59 Å². The number of rotatable bonds is 3. The van der Waals surface area contributed by atoms with Gasteiger partial charge in [0.1, 0.15) is 6.29 Å². The zero-order valence-electron chi connectivity index (χ0n) is 9.07. The van der Waals surface area contributed by atoms with Gasteiger partial charge in [0, 0.05) is 14.9 Å². The predicted molar refractivity (Wildman–Crippen MR) is 72.8 cm³/mol. The van der Waals surface area contributed by atoms with Crippen LogP contribution >= 0.6 is 27.3 Å². The summed E-state index contributed by atoms with van der Waals surface area (Å²) in [5.74, 6) is 0.0534. The standard InChI is InChI=1S/C13H9BrO2S/c1-8(16)13-11(14)6-12(17-13)10-4-2-9(7-15)3-5-10/h2-7H,1H3. The fourth-order valence-electron chi connectivity index (χ4n) is 1.48. The summed E-state index contributed by atoms with van der Waals surface area (Å²) in [7, 11) is 0. The Kier molecular flexibility index (Phi) is 3.54. The number of aldehydes is 1. The minimum absolute atomic E-state index is 0.0534. The minimum Gasteiger partial charge on any atom is -0.298 e. The first-order chi connectivity index (χ1) is 8.11. The molecule has 0 saturated carbocycles. The second-order valence-electron chi connectivity index (χ2n) is 3.58. The molecule has 0 aliphatic rings. The average molecular weight is 309 g/mol. The van der Waals surface area contributed by atoms with Crippen LogP contribution < -0.4 is 0 Å². The lowest BCUT2D eigenvalue weighted by Crippen LogP contribution is -1.85. The first-order valence-corrected chi connectivity index (χ1v) is 6.58. The summed E-state index contributed by atoms with van der Waals surface area (Å²) in [6.45, 7) is 1.55. The molecular formula is C13H9BrO2S. The van der Waals surface area contributed by atoms with Crippen LogP contribution in [0.2, 0.25) is 0 Å². The third kappa shape index (κ3) is 2.53. The topological polar surface area (TPSA) is 34.1 Å². The van der Waals surface area contributed by atoms with E-state index in [1.807, 2.05) is 18.2 Å². The van der Waals surface area contributed by atoms with Gasteiger partial charge in [0.2, 0.25) is 0 Å². The van der Waals surface area contributed by atoms with Crippen molar-refractivity contribution in [2.45, 2.75) is 6.92 Å². The highest BCUT2D eigenvalue weighted by molar-refractivity contribution is 9.10. The molecule has 1 aromatic carbocycles. The maximum absolute atomic E-state index is 11.3. The summed E-state index contributed by atoms with van der Waals surface area (Å²) < 4.78 is 0.824. The third-order valence-corrected chi connectivity index (χ3v) is 4.51. The molecule has 0 amide bonds. The first kappa shape index (κ1) is 12.2. The van der Waals surface area contributed by atoms with Gasteiger partial charge in [-0.15, -0.1) is 11.3 Å². The Morgan fingerprint density at radius 1 is 1.29 bits per heavy atom. The van der Waals surface area contributed by atoms with Crippen molar-refractivity contribution in [3.8, 4) is 10.4 Å². The van der Waals surface area contributed by atoms with Gasteiger partial charge < -0.3 is 0 Å². The molecule has 0 unspecified atom stereocenters. The molecule has 2 rings (SSSR count). The molecule has 86 valence electrons. The Balaban J connectivity index is 2.42. The normalized spacial score (nSPS) is 10.2. The van der Waals surface area contributed by atoms with Crippen molar-refractivity contribution in [1.82, 2.24) is 0 Å². The van der Waals surface area contributed by atoms with Crippen LogP contribution in [-0.4, -0.2) is 12.1 Å². The average Bonchev–Trinajstić information content (AvgIpc) is 2.71. The van der Waals surface area contributed by atoms with Crippen LogP contribution in [0.1, 0.15) is 27.0 Å². The van der Waals surface area contributed by atoms with Crippen molar-refractivity contribution in [3.05, 3.63) is 45.2 Å². The van der Waals surface area contributed by atoms with Gasteiger partial charge >= 0.3 is 0 Å². The van der Waals surface area contributed by atoms with Crippen molar-refractivity contribution >= 4 is 39.3 Å². The van der Waals surface area contributed by atoms with Gasteiger partial charge in [0.15, 0.2) is 5.78 Å². The smallest absolute Gasteiger partial charge is 0.170 e. The summed E-state index contributed by atoms with van der Waals surface area (Å²) in [5.41, 5.74) is 1.66. The molecule has 0 aliphatic heterocycles. The van der Waals surface area contributed by atoms with E-state index in [0.29, 0.717) is 5.56 Å². The van der Waals surface area contributed by atoms with E-state index < -0.39 is 0 Å². The van der Waals surface area contributed by atoms with Crippen molar-refractivity contribution in [1.29, 1.82) is 0 Å². The number of ketones is 1. The molecule has 0 N–H and O–H groups in total. The van der Waals surface area contributed by atoms with E-state index in [-0.39, 0.29) is 5.78 Å². The Bertz CT molecular complexity index is 570. The zero-order valence-corrected chi connectivity index (χ0v) is 11.5. The van der Waals surface area contributed by atoms with Gasteiger partial charge in [-0.1, -0.05) is 24.3 Å². The fourth-order valence-corrected chi connectivity index (χ4v) is 3.33. The second kappa shape index (κ2) is 4.94. The van der Waals surface area contributed by atoms with E-state index in [1.54, 1.807) is 19.1 Å². The van der Waals surface area contributed by atoms with Crippen LogP contribution in [0, 0.1) is 0 Å². The molecule has 0 fully saturated rings. The molecule has 0 atom stereocenters. The van der Waals surface area contributed by atoms with Crippen LogP contribution in [0.5, 0.6) is 0 Å². The highest BCUT2D eigenvalue weighted by Gasteiger charge is 2.11. The molecule has 0 radical (unpaired) electrons. The van der Waals surface area contributed by atoms with Gasteiger partial charge in [-0.25, -0.2) is 0 Å². The number of benzene rings is 1. The lowest BCUT2D eigenvalue weighted by molar-refractivity contribution is 0.102. The molecule has 0 bridgehead atoms. The molecule has 17 heavy (non-hydrogen) atoms. The lowest BCUT2D eigenvalue weighted by atomic mass is 10.1. The van der Waals surface area contributed by atoms with Crippen molar-refractivity contribution in [3.63, 3.8) is 0 Å². The van der Waals surface area contributed by atoms with Gasteiger partial charge in [0.05, 0.1) is 4.88 Å². The number of carbonyl (C=O) groups excluding carboxylic acids is 2. The van der Waals surface area contributed by atoms with Crippen LogP contribution in [0.25, 0.3) is 10.4 Å². The molecule has 2 aromatic rings. The quantitative estimate of drug-likeness (QED) is 0.629. The predicted octanol–water partition coefficient (Wildman–Crippen LogP) is 4.19. The van der Waals surface area contributed by atoms with Crippen molar-refractivity contribution in [2.24, 2.45) is 0 Å². The Labute approximate surface area is 111 Å². The SMILES string of the molecule is CC(=O)c1sc(-c2ccc(C=O)cc2)cc1Br. The summed E-state index contributed by atoms with van der Waals surface area (Å²) in [5, 5.41) is 0. The minimum atomic E-state index is 0.0534. The summed E-state index contributed by atoms with van der Waals surface area (Å²) in [6, 6.07) is 9.22. The largest absolute Gasteiger partial charge is 0.298 e. The number of halogens is 1. The second-order valence-corrected chi connectivity index (χ2v) is 5.49. The van der Waals surface area contributed by atoms with Gasteiger partial charge in [-0.05, 0) is 34.5 Å². The highest BCUT2D eigenvalue weighted by Crippen LogP contribution is 2.34. The summed E-state index contributed by atoms with van der Waals surface area (Å²) >= 11 is 4.83. The number of thiophene rings is 1. The molecule has 4 heteroatoms. The number of hydrogen-bond acceptors (Lipinski definition) is 3. The molecular weight excluding hydrogens is 300 g/mol. The van der Waals surface area contributed by atoms with Gasteiger partial charge in [-0.3, -0.25) is 9.59 Å². The van der Waals surface area contributed by atoms with E-state index >= 15 is 0 Å². The molecule has 0 aliphatic carbocycles. The van der Waals surface area contributed by atoms with Crippen LogP contribution in [-0.2, 0) is 0 Å². The zero-order chi connectivity index (χ0) is 12.4. The molecule has 2 nitrogen and oxygen atoms in total. The van der Waals surface area contributed by atoms with Crippen LogP contribution in [0.4, 0.5) is 0 Å². The van der Waals surface area contributed by atoms with E-state index in [2.05, 4.69) is 15.9 Å². The maximum Gasteiger partial charge on any atom is 0.170 e. The number of Topliss-reactive ketones (excluding diaryl/α,β-unsaturated/α-hetero) is 1. The highest BCUT2D eigenvalue weighted by atomic mass is 79.9. The van der Waals surface area contributed by atoms with E-state index in [1.165, 1.54) is 11.3 Å². The van der Waals surface area contributed by atoms with Crippen LogP contribution in [0.3, 0.4) is 0 Å². The summed E-state index contributed by atoms with van der Waals surface area (Å²) in [6.07, 6.45) is 0.815. The van der Waals surface area contributed by atoms with Crippen molar-refractivity contribution < 1.29 is 9.59 Å². The fraction of sp³-hybridized carbons (Fsp3) is 0.0769. The third-order valence-electron chi connectivity index (χ3n) is 2.34. The lowest BCUT2D eigenvalue weighted by Gasteiger charge is -1.96. The van der Waals surface area contributed by atoms with Gasteiger partial charge in [0.25, 0.3) is 0 Å². The molecule has 1 aromatic heterocycles. The molecule has 0 spiro atoms. The van der Waals surface area contributed by atoms with Crippen LogP contribution in [0.15, 0.2) is 34.8 Å². The first-order valence-electron chi connectivity index (χ1n) is 4.97. The van der Waals surface area contributed by atoms with Crippen molar-refractivity contribution in [2.75, 3.05) is 0 Å². The monoisotopic (exact) mass is 308 g/mol. The molecule has 1 heterocycles. The van der Waals surface area contributed by atoms with E-state index in [4.69, 9.17) is 0 Å². The number of hydrogen-bond donors (Lipinski definition) is 0. The van der Waals surface area contributed by atoms with Gasteiger partial charge in [-0.2, -0.15) is 0 Å². The maximum atomic E-state index is 11.3. The Hall–Kier alpha value is -1.26.